The van der Waals surface area contributed by atoms with E-state index in [0.29, 0.717) is 24.7 Å². The lowest BCUT2D eigenvalue weighted by atomic mass is 10.3. The van der Waals surface area contributed by atoms with Crippen LogP contribution in [0.4, 0.5) is 11.6 Å². The molecule has 0 bridgehead atoms. The number of sulfonamides is 1. The van der Waals surface area contributed by atoms with Crippen molar-refractivity contribution in [1.82, 2.24) is 10.2 Å². The van der Waals surface area contributed by atoms with Crippen LogP contribution < -0.4 is 14.8 Å². The third kappa shape index (κ3) is 5.45. The summed E-state index contributed by atoms with van der Waals surface area (Å²) in [6.07, 6.45) is 0.824. The van der Waals surface area contributed by atoms with Crippen molar-refractivity contribution in [2.24, 2.45) is 0 Å². The summed E-state index contributed by atoms with van der Waals surface area (Å²) in [6.45, 7) is 1.32. The molecule has 0 aliphatic heterocycles. The first kappa shape index (κ1) is 19.2. The fourth-order valence-electron chi connectivity index (χ4n) is 1.92. The molecule has 0 aliphatic carbocycles. The molecule has 0 saturated heterocycles. The molecule has 0 atom stereocenters. The van der Waals surface area contributed by atoms with Crippen LogP contribution in [0, 0.1) is 0 Å². The molecule has 2 aromatic rings. The van der Waals surface area contributed by atoms with Gasteiger partial charge in [0.1, 0.15) is 11.6 Å². The molecule has 136 valence electrons. The maximum Gasteiger partial charge on any atom is 0.263 e. The smallest absolute Gasteiger partial charge is 0.263 e. The van der Waals surface area contributed by atoms with Gasteiger partial charge in [-0.3, -0.25) is 4.72 Å². The summed E-state index contributed by atoms with van der Waals surface area (Å²) < 4.78 is 37.1. The average Bonchev–Trinajstić information content (AvgIpc) is 2.60. The van der Waals surface area contributed by atoms with E-state index in [1.165, 1.54) is 31.4 Å². The first-order chi connectivity index (χ1) is 12.0. The van der Waals surface area contributed by atoms with E-state index in [1.807, 2.05) is 0 Å². The molecule has 10 heteroatoms. The minimum Gasteiger partial charge on any atom is -0.495 e. The maximum absolute atomic E-state index is 12.4. The fraction of sp³-hybridized carbons (Fsp3) is 0.333. The number of anilines is 2. The Labute approximate surface area is 151 Å². The zero-order chi connectivity index (χ0) is 18.3. The molecule has 0 saturated carbocycles. The van der Waals surface area contributed by atoms with Crippen molar-refractivity contribution in [2.45, 2.75) is 11.3 Å². The standard InChI is InChI=1S/C15H19ClN4O4S/c1-23-9-3-8-17-14-6-7-15(19-18-14)20-25(21,22)11-4-5-13(24-2)12(16)10-11/h4-7,10H,3,8-9H2,1-2H3,(H,17,18)(H,19,20). The molecule has 1 aromatic heterocycles. The Morgan fingerprint density at radius 3 is 2.44 bits per heavy atom. The minimum atomic E-state index is -3.83. The van der Waals surface area contributed by atoms with E-state index in [9.17, 15) is 8.42 Å². The lowest BCUT2D eigenvalue weighted by Gasteiger charge is -2.09. The van der Waals surface area contributed by atoms with E-state index in [2.05, 4.69) is 20.2 Å². The molecule has 1 aromatic carbocycles. The summed E-state index contributed by atoms with van der Waals surface area (Å²) >= 11 is 5.97. The van der Waals surface area contributed by atoms with Gasteiger partial charge in [-0.05, 0) is 36.8 Å². The van der Waals surface area contributed by atoms with Gasteiger partial charge in [0.05, 0.1) is 17.0 Å². The van der Waals surface area contributed by atoms with Gasteiger partial charge in [0.25, 0.3) is 10.0 Å². The summed E-state index contributed by atoms with van der Waals surface area (Å²) in [6, 6.07) is 7.34. The third-order valence-electron chi connectivity index (χ3n) is 3.17. The molecular formula is C15H19ClN4O4S. The number of methoxy groups -OCH3 is 2. The first-order valence-corrected chi connectivity index (χ1v) is 9.25. The Bertz CT molecular complexity index is 800. The quantitative estimate of drug-likeness (QED) is 0.638. The number of aromatic nitrogens is 2. The Kier molecular flexibility index (Phi) is 6.80. The van der Waals surface area contributed by atoms with Gasteiger partial charge in [0, 0.05) is 20.3 Å². The molecule has 0 aliphatic rings. The van der Waals surface area contributed by atoms with Gasteiger partial charge in [-0.1, -0.05) is 11.6 Å². The van der Waals surface area contributed by atoms with Crippen LogP contribution in [-0.4, -0.2) is 46.0 Å². The van der Waals surface area contributed by atoms with Gasteiger partial charge in [-0.25, -0.2) is 8.42 Å². The van der Waals surface area contributed by atoms with Crippen LogP contribution in [0.1, 0.15) is 6.42 Å². The van der Waals surface area contributed by atoms with Crippen molar-refractivity contribution >= 4 is 33.3 Å². The highest BCUT2D eigenvalue weighted by atomic mass is 35.5. The zero-order valence-corrected chi connectivity index (χ0v) is 15.4. The molecule has 2 rings (SSSR count). The largest absolute Gasteiger partial charge is 0.495 e. The number of hydrogen-bond acceptors (Lipinski definition) is 7. The number of benzene rings is 1. The zero-order valence-electron chi connectivity index (χ0n) is 13.8. The molecule has 25 heavy (non-hydrogen) atoms. The second-order valence-electron chi connectivity index (χ2n) is 4.98. The average molecular weight is 387 g/mol. The number of hydrogen-bond donors (Lipinski definition) is 2. The lowest BCUT2D eigenvalue weighted by Crippen LogP contribution is -2.15. The molecule has 0 radical (unpaired) electrons. The fourth-order valence-corrected chi connectivity index (χ4v) is 3.27. The van der Waals surface area contributed by atoms with Crippen molar-refractivity contribution in [3.8, 4) is 5.75 Å². The Morgan fingerprint density at radius 2 is 1.84 bits per heavy atom. The second kappa shape index (κ2) is 8.84. The second-order valence-corrected chi connectivity index (χ2v) is 7.07. The van der Waals surface area contributed by atoms with Gasteiger partial charge in [-0.15, -0.1) is 10.2 Å². The normalized spacial score (nSPS) is 11.2. The van der Waals surface area contributed by atoms with Crippen LogP contribution in [-0.2, 0) is 14.8 Å². The maximum atomic E-state index is 12.4. The van der Waals surface area contributed by atoms with Gasteiger partial charge >= 0.3 is 0 Å². The Balaban J connectivity index is 2.04. The minimum absolute atomic E-state index is 0.00173. The van der Waals surface area contributed by atoms with Gasteiger partial charge in [-0.2, -0.15) is 0 Å². The summed E-state index contributed by atoms with van der Waals surface area (Å²) in [5.74, 6) is 1.05. The van der Waals surface area contributed by atoms with Crippen molar-refractivity contribution in [1.29, 1.82) is 0 Å². The number of nitrogens with one attached hydrogen (secondary N) is 2. The molecule has 0 amide bonds. The van der Waals surface area contributed by atoms with Crippen LogP contribution in [0.3, 0.4) is 0 Å². The summed E-state index contributed by atoms with van der Waals surface area (Å²) in [5.41, 5.74) is 0. The summed E-state index contributed by atoms with van der Waals surface area (Å²) in [4.78, 5) is 0.00173. The van der Waals surface area contributed by atoms with Crippen molar-refractivity contribution < 1.29 is 17.9 Å². The summed E-state index contributed by atoms with van der Waals surface area (Å²) in [5, 5.41) is 11.0. The monoisotopic (exact) mass is 386 g/mol. The van der Waals surface area contributed by atoms with Gasteiger partial charge < -0.3 is 14.8 Å². The molecule has 0 unspecified atom stereocenters. The SMILES string of the molecule is COCCCNc1ccc(NS(=O)(=O)c2ccc(OC)c(Cl)c2)nn1. The molecule has 2 N–H and O–H groups in total. The van der Waals surface area contributed by atoms with Crippen molar-refractivity contribution in [2.75, 3.05) is 37.4 Å². The number of rotatable bonds is 9. The van der Waals surface area contributed by atoms with Crippen LogP contribution >= 0.6 is 11.6 Å². The Morgan fingerprint density at radius 1 is 1.12 bits per heavy atom. The number of ether oxygens (including phenoxy) is 2. The summed E-state index contributed by atoms with van der Waals surface area (Å²) in [7, 11) is -0.739. The van der Waals surface area contributed by atoms with Crippen molar-refractivity contribution in [3.63, 3.8) is 0 Å². The molecular weight excluding hydrogens is 368 g/mol. The van der Waals surface area contributed by atoms with Gasteiger partial charge in [0.15, 0.2) is 5.82 Å². The van der Waals surface area contributed by atoms with E-state index in [-0.39, 0.29) is 15.7 Å². The topological polar surface area (TPSA) is 102 Å². The Hall–Kier alpha value is -2.10. The van der Waals surface area contributed by atoms with E-state index in [0.717, 1.165) is 6.42 Å². The predicted molar refractivity (Wildman–Crippen MR) is 95.8 cm³/mol. The molecule has 8 nitrogen and oxygen atoms in total. The lowest BCUT2D eigenvalue weighted by molar-refractivity contribution is 0.197. The predicted octanol–water partition coefficient (Wildman–Crippen LogP) is 2.39. The first-order valence-electron chi connectivity index (χ1n) is 7.39. The molecule has 0 spiro atoms. The van der Waals surface area contributed by atoms with Crippen LogP contribution in [0.25, 0.3) is 0 Å². The third-order valence-corrected chi connectivity index (χ3v) is 4.82. The van der Waals surface area contributed by atoms with E-state index in [4.69, 9.17) is 21.1 Å². The number of halogens is 1. The highest BCUT2D eigenvalue weighted by Crippen LogP contribution is 2.27. The van der Waals surface area contributed by atoms with E-state index >= 15 is 0 Å². The van der Waals surface area contributed by atoms with E-state index in [1.54, 1.807) is 13.2 Å². The molecule has 0 fully saturated rings. The number of nitrogens with zero attached hydrogens (tertiary/aromatic N) is 2. The van der Waals surface area contributed by atoms with Crippen LogP contribution in [0.15, 0.2) is 35.2 Å². The van der Waals surface area contributed by atoms with Gasteiger partial charge in [0.2, 0.25) is 0 Å². The molecule has 1 heterocycles. The van der Waals surface area contributed by atoms with Crippen LogP contribution in [0.5, 0.6) is 5.75 Å². The highest BCUT2D eigenvalue weighted by Gasteiger charge is 2.17. The van der Waals surface area contributed by atoms with Crippen molar-refractivity contribution in [3.05, 3.63) is 35.4 Å². The van der Waals surface area contributed by atoms with Crippen LogP contribution in [0.2, 0.25) is 5.02 Å². The van der Waals surface area contributed by atoms with E-state index < -0.39 is 10.0 Å². The highest BCUT2D eigenvalue weighted by molar-refractivity contribution is 7.92.